The van der Waals surface area contributed by atoms with Crippen LogP contribution in [0.4, 0.5) is 10.5 Å². The van der Waals surface area contributed by atoms with Gasteiger partial charge in [-0.05, 0) is 24.0 Å². The molecule has 3 N–H and O–H groups in total. The fourth-order valence-electron chi connectivity index (χ4n) is 2.88. The van der Waals surface area contributed by atoms with Gasteiger partial charge in [0.15, 0.2) is 0 Å². The number of rotatable bonds is 4. The highest BCUT2D eigenvalue weighted by molar-refractivity contribution is 5.89. The molecule has 0 radical (unpaired) electrons. The Hall–Kier alpha value is -2.34. The summed E-state index contributed by atoms with van der Waals surface area (Å²) in [5, 5.41) is 18.5. The SMILES string of the molecule is O=C(Nc1cn[nH]c1)N(CCO)[C@@H]1CCc2ccccc21. The number of amides is 2. The molecule has 2 amide bonds. The topological polar surface area (TPSA) is 81.2 Å². The predicted octanol–water partition coefficient (Wildman–Crippen LogP) is 1.92. The van der Waals surface area contributed by atoms with Gasteiger partial charge in [0.1, 0.15) is 0 Å². The fourth-order valence-corrected chi connectivity index (χ4v) is 2.88. The summed E-state index contributed by atoms with van der Waals surface area (Å²) >= 11 is 0. The third-order valence-electron chi connectivity index (χ3n) is 3.83. The van der Waals surface area contributed by atoms with Crippen molar-refractivity contribution in [1.82, 2.24) is 15.1 Å². The number of nitrogens with one attached hydrogen (secondary N) is 2. The van der Waals surface area contributed by atoms with Crippen molar-refractivity contribution >= 4 is 11.7 Å². The third-order valence-corrected chi connectivity index (χ3v) is 3.83. The molecule has 0 aliphatic heterocycles. The Morgan fingerprint density at radius 3 is 3.10 bits per heavy atom. The summed E-state index contributed by atoms with van der Waals surface area (Å²) in [4.78, 5) is 14.2. The lowest BCUT2D eigenvalue weighted by atomic mass is 10.1. The van der Waals surface area contributed by atoms with Crippen molar-refractivity contribution in [2.24, 2.45) is 0 Å². The lowest BCUT2D eigenvalue weighted by Gasteiger charge is -2.29. The normalized spacial score (nSPS) is 16.5. The number of hydrogen-bond donors (Lipinski definition) is 3. The second-order valence-electron chi connectivity index (χ2n) is 5.09. The zero-order valence-electron chi connectivity index (χ0n) is 11.6. The van der Waals surface area contributed by atoms with Crippen molar-refractivity contribution < 1.29 is 9.90 Å². The van der Waals surface area contributed by atoms with Crippen LogP contribution in [0.3, 0.4) is 0 Å². The van der Waals surface area contributed by atoms with Crippen molar-refractivity contribution in [2.75, 3.05) is 18.5 Å². The van der Waals surface area contributed by atoms with Gasteiger partial charge in [-0.25, -0.2) is 4.79 Å². The molecule has 0 unspecified atom stereocenters. The zero-order valence-corrected chi connectivity index (χ0v) is 11.6. The highest BCUT2D eigenvalue weighted by Crippen LogP contribution is 2.35. The molecule has 1 aromatic heterocycles. The number of H-pyrrole nitrogens is 1. The van der Waals surface area contributed by atoms with Crippen LogP contribution < -0.4 is 5.32 Å². The Kier molecular flexibility index (Phi) is 3.87. The van der Waals surface area contributed by atoms with Gasteiger partial charge in [0.2, 0.25) is 0 Å². The van der Waals surface area contributed by atoms with Gasteiger partial charge in [-0.3, -0.25) is 5.10 Å². The molecule has 1 aliphatic rings. The summed E-state index contributed by atoms with van der Waals surface area (Å²) in [6.45, 7) is 0.250. The minimum atomic E-state index is -0.216. The molecule has 0 bridgehead atoms. The van der Waals surface area contributed by atoms with E-state index in [1.807, 2.05) is 12.1 Å². The number of benzene rings is 1. The van der Waals surface area contributed by atoms with Gasteiger partial charge in [0.25, 0.3) is 0 Å². The quantitative estimate of drug-likeness (QED) is 0.803. The standard InChI is InChI=1S/C15H18N4O2/c20-8-7-19(15(21)18-12-9-16-17-10-12)14-6-5-11-3-1-2-4-13(11)14/h1-4,9-10,14,20H,5-8H2,(H,16,17)(H,18,21)/t14-/m1/s1. The van der Waals surface area contributed by atoms with E-state index in [1.54, 1.807) is 17.3 Å². The first-order valence-electron chi connectivity index (χ1n) is 7.04. The summed E-state index contributed by atoms with van der Waals surface area (Å²) in [7, 11) is 0. The number of hydrogen-bond acceptors (Lipinski definition) is 3. The van der Waals surface area contributed by atoms with Crippen LogP contribution in [0.15, 0.2) is 36.7 Å². The molecule has 1 heterocycles. The lowest BCUT2D eigenvalue weighted by Crippen LogP contribution is -2.39. The fraction of sp³-hybridized carbons (Fsp3) is 0.333. The molecule has 6 nitrogen and oxygen atoms in total. The number of anilines is 1. The Morgan fingerprint density at radius 1 is 1.48 bits per heavy atom. The van der Waals surface area contributed by atoms with Crippen LogP contribution in [0, 0.1) is 0 Å². The smallest absolute Gasteiger partial charge is 0.322 e. The largest absolute Gasteiger partial charge is 0.395 e. The first-order valence-corrected chi connectivity index (χ1v) is 7.04. The van der Waals surface area contributed by atoms with Crippen molar-refractivity contribution in [3.05, 3.63) is 47.8 Å². The maximum Gasteiger partial charge on any atom is 0.322 e. The molecule has 1 aromatic carbocycles. The number of aliphatic hydroxyl groups excluding tert-OH is 1. The highest BCUT2D eigenvalue weighted by Gasteiger charge is 2.30. The van der Waals surface area contributed by atoms with E-state index in [1.165, 1.54) is 11.1 Å². The zero-order chi connectivity index (χ0) is 14.7. The minimum absolute atomic E-state index is 0.0141. The molecule has 6 heteroatoms. The number of carbonyl (C=O) groups is 1. The van der Waals surface area contributed by atoms with Crippen LogP contribution >= 0.6 is 0 Å². The van der Waals surface area contributed by atoms with Crippen LogP contribution in [0.2, 0.25) is 0 Å². The number of aromatic amines is 1. The third kappa shape index (κ3) is 2.75. The number of aryl methyl sites for hydroxylation is 1. The molecule has 21 heavy (non-hydrogen) atoms. The number of fused-ring (bicyclic) bond motifs is 1. The van der Waals surface area contributed by atoms with Crippen LogP contribution in [0.1, 0.15) is 23.6 Å². The Balaban J connectivity index is 1.80. The van der Waals surface area contributed by atoms with Crippen LogP contribution in [-0.2, 0) is 6.42 Å². The maximum absolute atomic E-state index is 12.5. The monoisotopic (exact) mass is 286 g/mol. The summed E-state index contributed by atoms with van der Waals surface area (Å²) < 4.78 is 0. The molecule has 2 aromatic rings. The van der Waals surface area contributed by atoms with Gasteiger partial charge >= 0.3 is 6.03 Å². The van der Waals surface area contributed by atoms with Crippen molar-refractivity contribution in [3.63, 3.8) is 0 Å². The minimum Gasteiger partial charge on any atom is -0.395 e. The molecule has 0 spiro atoms. The van der Waals surface area contributed by atoms with Crippen LogP contribution in [-0.4, -0.2) is 39.4 Å². The van der Waals surface area contributed by atoms with E-state index in [2.05, 4.69) is 27.6 Å². The lowest BCUT2D eigenvalue weighted by molar-refractivity contribution is 0.162. The molecule has 0 saturated carbocycles. The van der Waals surface area contributed by atoms with Gasteiger partial charge in [-0.2, -0.15) is 5.10 Å². The molecule has 3 rings (SSSR count). The van der Waals surface area contributed by atoms with Crippen molar-refractivity contribution in [1.29, 1.82) is 0 Å². The van der Waals surface area contributed by atoms with E-state index in [4.69, 9.17) is 0 Å². The predicted molar refractivity (Wildman–Crippen MR) is 78.9 cm³/mol. The molecule has 1 atom stereocenters. The summed E-state index contributed by atoms with van der Waals surface area (Å²) in [6.07, 6.45) is 5.02. The average Bonchev–Trinajstić information content (AvgIpc) is 3.14. The van der Waals surface area contributed by atoms with Gasteiger partial charge < -0.3 is 15.3 Å². The summed E-state index contributed by atoms with van der Waals surface area (Å²) in [5.74, 6) is 0. The molecule has 0 fully saturated rings. The van der Waals surface area contributed by atoms with Crippen molar-refractivity contribution in [2.45, 2.75) is 18.9 Å². The van der Waals surface area contributed by atoms with Crippen molar-refractivity contribution in [3.8, 4) is 0 Å². The number of aliphatic hydroxyl groups is 1. The van der Waals surface area contributed by atoms with E-state index in [-0.39, 0.29) is 18.7 Å². The van der Waals surface area contributed by atoms with Gasteiger partial charge in [0, 0.05) is 12.7 Å². The first-order chi connectivity index (χ1) is 10.3. The molecule has 110 valence electrons. The second kappa shape index (κ2) is 5.97. The Morgan fingerprint density at radius 2 is 2.33 bits per heavy atom. The number of carbonyl (C=O) groups excluding carboxylic acids is 1. The van der Waals surface area contributed by atoms with Crippen LogP contribution in [0.25, 0.3) is 0 Å². The van der Waals surface area contributed by atoms with Gasteiger partial charge in [0.05, 0.1) is 24.5 Å². The Labute approximate surface area is 122 Å². The first kappa shape index (κ1) is 13.6. The number of aromatic nitrogens is 2. The number of nitrogens with zero attached hydrogens (tertiary/aromatic N) is 2. The van der Waals surface area contributed by atoms with E-state index >= 15 is 0 Å². The van der Waals surface area contributed by atoms with Crippen LogP contribution in [0.5, 0.6) is 0 Å². The van der Waals surface area contributed by atoms with E-state index < -0.39 is 0 Å². The maximum atomic E-state index is 12.5. The molecular formula is C15H18N4O2. The molecular weight excluding hydrogens is 268 g/mol. The van der Waals surface area contributed by atoms with E-state index in [0.29, 0.717) is 12.2 Å². The van der Waals surface area contributed by atoms with E-state index in [0.717, 1.165) is 12.8 Å². The molecule has 1 aliphatic carbocycles. The van der Waals surface area contributed by atoms with Gasteiger partial charge in [-0.15, -0.1) is 0 Å². The average molecular weight is 286 g/mol. The summed E-state index contributed by atoms with van der Waals surface area (Å²) in [6, 6.07) is 7.96. The second-order valence-corrected chi connectivity index (χ2v) is 5.09. The molecule has 0 saturated heterocycles. The highest BCUT2D eigenvalue weighted by atomic mass is 16.3. The number of urea groups is 1. The van der Waals surface area contributed by atoms with Gasteiger partial charge in [-0.1, -0.05) is 24.3 Å². The summed E-state index contributed by atoms with van der Waals surface area (Å²) in [5.41, 5.74) is 3.07. The Bertz CT molecular complexity index is 612. The van der Waals surface area contributed by atoms with E-state index in [9.17, 15) is 9.90 Å².